The van der Waals surface area contributed by atoms with Crippen molar-refractivity contribution in [1.29, 1.82) is 0 Å². The van der Waals surface area contributed by atoms with Crippen LogP contribution in [0.3, 0.4) is 0 Å². The highest BCUT2D eigenvalue weighted by molar-refractivity contribution is 7.80. The van der Waals surface area contributed by atoms with Gasteiger partial charge in [0.2, 0.25) is 0 Å². The summed E-state index contributed by atoms with van der Waals surface area (Å²) in [5.74, 6) is -1.58. The normalized spacial score (nSPS) is 10.5. The minimum atomic E-state index is -0.798. The van der Waals surface area contributed by atoms with Gasteiger partial charge >= 0.3 is 0 Å². The molecule has 0 amide bonds. The minimum absolute atomic E-state index is 0.698. The molecule has 0 saturated heterocycles. The number of rotatable bonds is 3. The Bertz CT molecular complexity index is 506. The molecule has 0 aliphatic rings. The van der Waals surface area contributed by atoms with E-state index in [-0.39, 0.29) is 0 Å². The van der Waals surface area contributed by atoms with Gasteiger partial charge in [-0.15, -0.1) is 12.6 Å². The third-order valence-corrected chi connectivity index (χ3v) is 2.92. The molecule has 2 rings (SSSR count). The Hall–Kier alpha value is -1.35. The Labute approximate surface area is 105 Å². The number of thiol groups is 1. The van der Waals surface area contributed by atoms with Crippen LogP contribution < -0.4 is 0 Å². The maximum Gasteiger partial charge on any atom is 0.159 e. The highest BCUT2D eigenvalue weighted by Crippen LogP contribution is 2.13. The van der Waals surface area contributed by atoms with E-state index in [9.17, 15) is 8.78 Å². The van der Waals surface area contributed by atoms with Crippen LogP contribution in [-0.2, 0) is 12.8 Å². The molecule has 0 unspecified atom stereocenters. The first-order valence-electron chi connectivity index (χ1n) is 5.37. The Balaban J connectivity index is 2.02. The van der Waals surface area contributed by atoms with E-state index in [1.165, 1.54) is 12.1 Å². The van der Waals surface area contributed by atoms with Crippen molar-refractivity contribution in [1.82, 2.24) is 0 Å². The molecule has 0 nitrogen and oxygen atoms in total. The molecule has 0 aromatic heterocycles. The SMILES string of the molecule is Fc1ccc(CCc2ccc(S)cc2)cc1F. The van der Waals surface area contributed by atoms with Crippen LogP contribution in [0.5, 0.6) is 0 Å². The molecule has 0 aliphatic carbocycles. The topological polar surface area (TPSA) is 0 Å². The fraction of sp³-hybridized carbons (Fsp3) is 0.143. The maximum atomic E-state index is 13.0. The van der Waals surface area contributed by atoms with Gasteiger partial charge in [0.25, 0.3) is 0 Å². The lowest BCUT2D eigenvalue weighted by Gasteiger charge is -2.03. The van der Waals surface area contributed by atoms with E-state index in [4.69, 9.17) is 0 Å². The second kappa shape index (κ2) is 5.32. The molecule has 0 spiro atoms. The van der Waals surface area contributed by atoms with Crippen molar-refractivity contribution in [2.75, 3.05) is 0 Å². The van der Waals surface area contributed by atoms with Crippen molar-refractivity contribution >= 4 is 12.6 Å². The minimum Gasteiger partial charge on any atom is -0.204 e. The summed E-state index contributed by atoms with van der Waals surface area (Å²) in [7, 11) is 0. The number of hydrogen-bond donors (Lipinski definition) is 1. The van der Waals surface area contributed by atoms with Crippen LogP contribution in [0.25, 0.3) is 0 Å². The van der Waals surface area contributed by atoms with Gasteiger partial charge in [-0.2, -0.15) is 0 Å². The predicted molar refractivity (Wildman–Crippen MR) is 67.5 cm³/mol. The Morgan fingerprint density at radius 1 is 0.765 bits per heavy atom. The van der Waals surface area contributed by atoms with E-state index in [1.54, 1.807) is 6.07 Å². The number of hydrogen-bond acceptors (Lipinski definition) is 1. The molecule has 17 heavy (non-hydrogen) atoms. The Morgan fingerprint density at radius 2 is 1.35 bits per heavy atom. The molecule has 0 bridgehead atoms. The van der Waals surface area contributed by atoms with Gasteiger partial charge in [-0.1, -0.05) is 18.2 Å². The number of benzene rings is 2. The Morgan fingerprint density at radius 3 is 2.00 bits per heavy atom. The van der Waals surface area contributed by atoms with Crippen LogP contribution in [0.15, 0.2) is 47.4 Å². The van der Waals surface area contributed by atoms with Gasteiger partial charge in [-0.05, 0) is 48.2 Å². The molecule has 2 aromatic carbocycles. The zero-order valence-electron chi connectivity index (χ0n) is 9.16. The molecule has 0 saturated carbocycles. The van der Waals surface area contributed by atoms with Crippen molar-refractivity contribution in [2.24, 2.45) is 0 Å². The van der Waals surface area contributed by atoms with E-state index in [1.807, 2.05) is 24.3 Å². The van der Waals surface area contributed by atoms with E-state index in [0.717, 1.165) is 22.4 Å². The van der Waals surface area contributed by atoms with Crippen molar-refractivity contribution in [2.45, 2.75) is 17.7 Å². The van der Waals surface area contributed by atoms with Crippen molar-refractivity contribution in [3.05, 3.63) is 65.2 Å². The molecule has 0 radical (unpaired) electrons. The van der Waals surface area contributed by atoms with E-state index in [0.29, 0.717) is 6.42 Å². The summed E-state index contributed by atoms with van der Waals surface area (Å²) in [6, 6.07) is 11.9. The molecular formula is C14H12F2S. The Kier molecular flexibility index (Phi) is 3.79. The van der Waals surface area contributed by atoms with Crippen LogP contribution in [0.4, 0.5) is 8.78 Å². The summed E-state index contributed by atoms with van der Waals surface area (Å²) in [5, 5.41) is 0. The third-order valence-electron chi connectivity index (χ3n) is 2.62. The summed E-state index contributed by atoms with van der Waals surface area (Å²) in [6.07, 6.45) is 1.50. The second-order valence-electron chi connectivity index (χ2n) is 3.91. The van der Waals surface area contributed by atoms with E-state index >= 15 is 0 Å². The summed E-state index contributed by atoms with van der Waals surface area (Å²) >= 11 is 4.20. The highest BCUT2D eigenvalue weighted by atomic mass is 32.1. The van der Waals surface area contributed by atoms with Crippen molar-refractivity contribution < 1.29 is 8.78 Å². The molecule has 0 atom stereocenters. The average molecular weight is 250 g/mol. The first-order valence-corrected chi connectivity index (χ1v) is 5.82. The maximum absolute atomic E-state index is 13.0. The van der Waals surface area contributed by atoms with Gasteiger partial charge in [0, 0.05) is 4.90 Å². The molecule has 88 valence electrons. The first-order chi connectivity index (χ1) is 8.15. The fourth-order valence-corrected chi connectivity index (χ4v) is 1.80. The van der Waals surface area contributed by atoms with Crippen LogP contribution in [0.2, 0.25) is 0 Å². The van der Waals surface area contributed by atoms with E-state index in [2.05, 4.69) is 12.6 Å². The second-order valence-corrected chi connectivity index (χ2v) is 4.43. The highest BCUT2D eigenvalue weighted by Gasteiger charge is 2.02. The van der Waals surface area contributed by atoms with Gasteiger partial charge in [0.15, 0.2) is 11.6 Å². The lowest BCUT2D eigenvalue weighted by atomic mass is 10.0. The standard InChI is InChI=1S/C14H12F2S/c15-13-8-5-11(9-14(13)16)2-1-10-3-6-12(17)7-4-10/h3-9,17H,1-2H2. The summed E-state index contributed by atoms with van der Waals surface area (Å²) in [5.41, 5.74) is 1.96. The zero-order valence-corrected chi connectivity index (χ0v) is 10.1. The first kappa shape index (κ1) is 12.1. The largest absolute Gasteiger partial charge is 0.204 e. The van der Waals surface area contributed by atoms with Crippen molar-refractivity contribution in [3.63, 3.8) is 0 Å². The van der Waals surface area contributed by atoms with Gasteiger partial charge in [-0.3, -0.25) is 0 Å². The van der Waals surface area contributed by atoms with Crippen LogP contribution in [-0.4, -0.2) is 0 Å². The van der Waals surface area contributed by atoms with Crippen LogP contribution in [0, 0.1) is 11.6 Å². The molecule has 3 heteroatoms. The lowest BCUT2D eigenvalue weighted by molar-refractivity contribution is 0.507. The monoisotopic (exact) mass is 250 g/mol. The predicted octanol–water partition coefficient (Wildman–Crippen LogP) is 4.04. The molecule has 0 heterocycles. The fourth-order valence-electron chi connectivity index (χ4n) is 1.65. The molecular weight excluding hydrogens is 238 g/mol. The van der Waals surface area contributed by atoms with Gasteiger partial charge in [0.05, 0.1) is 0 Å². The average Bonchev–Trinajstić information content (AvgIpc) is 2.33. The molecule has 2 aromatic rings. The van der Waals surface area contributed by atoms with Crippen LogP contribution >= 0.6 is 12.6 Å². The van der Waals surface area contributed by atoms with Gasteiger partial charge < -0.3 is 0 Å². The summed E-state index contributed by atoms with van der Waals surface area (Å²) in [6.45, 7) is 0. The smallest absolute Gasteiger partial charge is 0.159 e. The third kappa shape index (κ3) is 3.30. The molecule has 0 fully saturated rings. The quantitative estimate of drug-likeness (QED) is 0.781. The molecule has 0 N–H and O–H groups in total. The van der Waals surface area contributed by atoms with Crippen molar-refractivity contribution in [3.8, 4) is 0 Å². The van der Waals surface area contributed by atoms with E-state index < -0.39 is 11.6 Å². The number of aryl methyl sites for hydroxylation is 2. The zero-order chi connectivity index (χ0) is 12.3. The number of halogens is 2. The molecule has 0 aliphatic heterocycles. The van der Waals surface area contributed by atoms with Gasteiger partial charge in [0.1, 0.15) is 0 Å². The van der Waals surface area contributed by atoms with Crippen LogP contribution in [0.1, 0.15) is 11.1 Å². The van der Waals surface area contributed by atoms with Gasteiger partial charge in [-0.25, -0.2) is 8.78 Å². The summed E-state index contributed by atoms with van der Waals surface area (Å²) < 4.78 is 25.7. The summed E-state index contributed by atoms with van der Waals surface area (Å²) in [4.78, 5) is 0.918. The lowest BCUT2D eigenvalue weighted by Crippen LogP contribution is -1.93.